The maximum Gasteiger partial charge on any atom is 0.231 e. The number of carbonyl (C=O) groups is 2. The highest BCUT2D eigenvalue weighted by Crippen LogP contribution is 2.32. The number of hydrogen-bond donors (Lipinski definition) is 1. The van der Waals surface area contributed by atoms with Gasteiger partial charge in [-0.3, -0.25) is 9.59 Å². The van der Waals surface area contributed by atoms with Crippen molar-refractivity contribution in [3.8, 4) is 11.5 Å². The second-order valence-corrected chi connectivity index (χ2v) is 7.07. The summed E-state index contributed by atoms with van der Waals surface area (Å²) in [7, 11) is 0. The predicted octanol–water partition coefficient (Wildman–Crippen LogP) is 2.39. The molecule has 0 aromatic heterocycles. The highest BCUT2D eigenvalue weighted by molar-refractivity contribution is 5.89. The van der Waals surface area contributed by atoms with Crippen LogP contribution in [0.2, 0.25) is 0 Å². The first kappa shape index (κ1) is 17.4. The van der Waals surface area contributed by atoms with Crippen molar-refractivity contribution in [3.63, 3.8) is 0 Å². The van der Waals surface area contributed by atoms with Gasteiger partial charge >= 0.3 is 0 Å². The molecule has 0 saturated carbocycles. The van der Waals surface area contributed by atoms with Crippen LogP contribution in [0.3, 0.4) is 0 Å². The molecule has 2 heterocycles. The summed E-state index contributed by atoms with van der Waals surface area (Å²) in [4.78, 5) is 26.6. The van der Waals surface area contributed by atoms with E-state index >= 15 is 0 Å². The first-order valence-corrected chi connectivity index (χ1v) is 9.08. The summed E-state index contributed by atoms with van der Waals surface area (Å²) in [5.41, 5.74) is 3.19. The molecule has 6 heteroatoms. The number of likely N-dealkylation sites (tertiary alicyclic amines) is 1. The Labute approximate surface area is 158 Å². The van der Waals surface area contributed by atoms with E-state index in [-0.39, 0.29) is 30.9 Å². The third-order valence-corrected chi connectivity index (χ3v) is 4.94. The van der Waals surface area contributed by atoms with E-state index in [1.165, 1.54) is 0 Å². The van der Waals surface area contributed by atoms with Crippen LogP contribution < -0.4 is 14.8 Å². The summed E-state index contributed by atoms with van der Waals surface area (Å²) in [5, 5.41) is 2.93. The van der Waals surface area contributed by atoms with Gasteiger partial charge in [0.2, 0.25) is 18.6 Å². The summed E-state index contributed by atoms with van der Waals surface area (Å²) in [6.45, 7) is 3.66. The quantitative estimate of drug-likeness (QED) is 0.882. The fraction of sp³-hybridized carbons (Fsp3) is 0.333. The van der Waals surface area contributed by atoms with Gasteiger partial charge in [-0.25, -0.2) is 0 Å². The molecule has 1 atom stereocenters. The number of nitrogens with zero attached hydrogens (tertiary/aromatic N) is 1. The predicted molar refractivity (Wildman–Crippen MR) is 99.1 cm³/mol. The van der Waals surface area contributed by atoms with Crippen molar-refractivity contribution >= 4 is 11.8 Å². The third kappa shape index (κ3) is 3.89. The van der Waals surface area contributed by atoms with Crippen LogP contribution >= 0.6 is 0 Å². The van der Waals surface area contributed by atoms with Gasteiger partial charge in [-0.15, -0.1) is 0 Å². The zero-order chi connectivity index (χ0) is 18.8. The second-order valence-electron chi connectivity index (χ2n) is 7.07. The van der Waals surface area contributed by atoms with E-state index < -0.39 is 0 Å². The number of carbonyl (C=O) groups excluding carboxylic acids is 2. The number of nitrogens with one attached hydrogen (secondary N) is 1. The molecule has 1 unspecified atom stereocenters. The van der Waals surface area contributed by atoms with Crippen molar-refractivity contribution in [2.75, 3.05) is 13.3 Å². The monoisotopic (exact) mass is 366 g/mol. The standard InChI is InChI=1S/C21H22N2O4/c1-14-3-2-4-16(7-14)11-23-12-17(9-20(23)24)21(25)22-10-15-5-6-18-19(8-15)27-13-26-18/h2-8,17H,9-13H2,1H3,(H,22,25). The van der Waals surface area contributed by atoms with Crippen LogP contribution in [0.25, 0.3) is 0 Å². The van der Waals surface area contributed by atoms with Crippen LogP contribution in [0.5, 0.6) is 11.5 Å². The van der Waals surface area contributed by atoms with Crippen molar-refractivity contribution in [3.05, 3.63) is 59.2 Å². The number of benzene rings is 2. The molecule has 0 radical (unpaired) electrons. The number of ether oxygens (including phenoxy) is 2. The minimum Gasteiger partial charge on any atom is -0.454 e. The molecule has 6 nitrogen and oxygen atoms in total. The lowest BCUT2D eigenvalue weighted by Crippen LogP contribution is -2.32. The highest BCUT2D eigenvalue weighted by atomic mass is 16.7. The molecule has 2 aromatic rings. The maximum absolute atomic E-state index is 12.5. The molecule has 1 N–H and O–H groups in total. The average Bonchev–Trinajstić information content (AvgIpc) is 3.26. The lowest BCUT2D eigenvalue weighted by molar-refractivity contribution is -0.129. The highest BCUT2D eigenvalue weighted by Gasteiger charge is 2.34. The average molecular weight is 366 g/mol. The van der Waals surface area contributed by atoms with Gasteiger partial charge in [0, 0.05) is 26.1 Å². The van der Waals surface area contributed by atoms with Gasteiger partial charge in [0.05, 0.1) is 5.92 Å². The molecule has 2 aliphatic heterocycles. The lowest BCUT2D eigenvalue weighted by atomic mass is 10.1. The van der Waals surface area contributed by atoms with E-state index in [1.807, 2.05) is 43.3 Å². The maximum atomic E-state index is 12.5. The summed E-state index contributed by atoms with van der Waals surface area (Å²) < 4.78 is 10.6. The van der Waals surface area contributed by atoms with Gasteiger partial charge in [0.1, 0.15) is 0 Å². The van der Waals surface area contributed by atoms with Crippen LogP contribution in [0.4, 0.5) is 0 Å². The van der Waals surface area contributed by atoms with E-state index in [1.54, 1.807) is 4.90 Å². The van der Waals surface area contributed by atoms with Gasteiger partial charge in [-0.1, -0.05) is 35.9 Å². The summed E-state index contributed by atoms with van der Waals surface area (Å²) in [6, 6.07) is 13.7. The van der Waals surface area contributed by atoms with Crippen LogP contribution in [-0.4, -0.2) is 30.1 Å². The van der Waals surface area contributed by atoms with Crippen molar-refractivity contribution < 1.29 is 19.1 Å². The number of amides is 2. The van der Waals surface area contributed by atoms with Crippen LogP contribution in [0, 0.1) is 12.8 Å². The van der Waals surface area contributed by atoms with Crippen molar-refractivity contribution in [1.29, 1.82) is 0 Å². The fourth-order valence-corrected chi connectivity index (χ4v) is 3.52. The molecule has 1 fully saturated rings. The molecular weight excluding hydrogens is 344 g/mol. The zero-order valence-corrected chi connectivity index (χ0v) is 15.2. The first-order chi connectivity index (χ1) is 13.1. The molecular formula is C21H22N2O4. The van der Waals surface area contributed by atoms with E-state index in [2.05, 4.69) is 11.4 Å². The summed E-state index contributed by atoms with van der Waals surface area (Å²) in [5.74, 6) is 1.05. The van der Waals surface area contributed by atoms with Crippen LogP contribution in [0.15, 0.2) is 42.5 Å². The van der Waals surface area contributed by atoms with E-state index in [4.69, 9.17) is 9.47 Å². The fourth-order valence-electron chi connectivity index (χ4n) is 3.52. The summed E-state index contributed by atoms with van der Waals surface area (Å²) >= 11 is 0. The van der Waals surface area contributed by atoms with E-state index in [0.29, 0.717) is 25.4 Å². The molecule has 2 amide bonds. The van der Waals surface area contributed by atoms with Crippen molar-refractivity contribution in [1.82, 2.24) is 10.2 Å². The SMILES string of the molecule is Cc1cccc(CN2CC(C(=O)NCc3ccc4c(c3)OCO4)CC2=O)c1. The minimum atomic E-state index is -0.309. The topological polar surface area (TPSA) is 67.9 Å². The normalized spacial score (nSPS) is 18.0. The second kappa shape index (κ2) is 7.31. The van der Waals surface area contributed by atoms with Gasteiger partial charge in [0.15, 0.2) is 11.5 Å². The molecule has 0 spiro atoms. The van der Waals surface area contributed by atoms with Gasteiger partial charge in [-0.05, 0) is 30.2 Å². The Balaban J connectivity index is 1.32. The van der Waals surface area contributed by atoms with Gasteiger partial charge < -0.3 is 19.7 Å². The van der Waals surface area contributed by atoms with E-state index in [0.717, 1.165) is 22.4 Å². The number of hydrogen-bond acceptors (Lipinski definition) is 4. The number of rotatable bonds is 5. The molecule has 27 heavy (non-hydrogen) atoms. The Kier molecular flexibility index (Phi) is 4.71. The molecule has 0 bridgehead atoms. The molecule has 4 rings (SSSR count). The zero-order valence-electron chi connectivity index (χ0n) is 15.2. The van der Waals surface area contributed by atoms with Crippen molar-refractivity contribution in [2.24, 2.45) is 5.92 Å². The van der Waals surface area contributed by atoms with Crippen LogP contribution in [0.1, 0.15) is 23.1 Å². The van der Waals surface area contributed by atoms with Gasteiger partial charge in [-0.2, -0.15) is 0 Å². The Morgan fingerprint density at radius 1 is 1.15 bits per heavy atom. The molecule has 2 aliphatic rings. The van der Waals surface area contributed by atoms with E-state index in [9.17, 15) is 9.59 Å². The lowest BCUT2D eigenvalue weighted by Gasteiger charge is -2.17. The Hall–Kier alpha value is -3.02. The Morgan fingerprint density at radius 3 is 2.85 bits per heavy atom. The largest absolute Gasteiger partial charge is 0.454 e. The number of fused-ring (bicyclic) bond motifs is 1. The van der Waals surface area contributed by atoms with Crippen molar-refractivity contribution in [2.45, 2.75) is 26.4 Å². The summed E-state index contributed by atoms with van der Waals surface area (Å²) in [6.07, 6.45) is 0.263. The van der Waals surface area contributed by atoms with Gasteiger partial charge in [0.25, 0.3) is 0 Å². The third-order valence-electron chi connectivity index (χ3n) is 4.94. The minimum absolute atomic E-state index is 0.0275. The smallest absolute Gasteiger partial charge is 0.231 e. The Bertz CT molecular complexity index is 880. The first-order valence-electron chi connectivity index (χ1n) is 9.08. The van der Waals surface area contributed by atoms with Crippen LogP contribution in [-0.2, 0) is 22.7 Å². The Morgan fingerprint density at radius 2 is 2.00 bits per heavy atom. The molecule has 0 aliphatic carbocycles. The molecule has 1 saturated heterocycles. The molecule has 140 valence electrons. The molecule has 2 aromatic carbocycles. The number of aryl methyl sites for hydroxylation is 1.